The van der Waals surface area contributed by atoms with Crippen molar-refractivity contribution in [2.45, 2.75) is 58.0 Å². The lowest BCUT2D eigenvalue weighted by molar-refractivity contribution is 0.156. The van der Waals surface area contributed by atoms with Crippen LogP contribution >= 0.6 is 0 Å². The molecule has 0 heterocycles. The molecular weight excluding hydrogens is 160 g/mol. The van der Waals surface area contributed by atoms with E-state index in [1.165, 1.54) is 32.1 Å². The number of aliphatic hydroxyl groups is 1. The van der Waals surface area contributed by atoms with Gasteiger partial charge in [-0.2, -0.15) is 0 Å². The highest BCUT2D eigenvalue weighted by Gasteiger charge is 2.08. The largest absolute Gasteiger partial charge is 0.393 e. The molecule has 0 radical (unpaired) electrons. The molecule has 0 aromatic carbocycles. The van der Waals surface area contributed by atoms with E-state index in [4.69, 9.17) is 0 Å². The Morgan fingerprint density at radius 2 is 2.31 bits per heavy atom. The van der Waals surface area contributed by atoms with Crippen molar-refractivity contribution in [2.75, 3.05) is 0 Å². The van der Waals surface area contributed by atoms with E-state index in [0.717, 1.165) is 18.8 Å². The van der Waals surface area contributed by atoms with Gasteiger partial charge in [0.25, 0.3) is 0 Å². The van der Waals surface area contributed by atoms with Gasteiger partial charge in [0.05, 0.1) is 6.10 Å². The van der Waals surface area contributed by atoms with Crippen molar-refractivity contribution in [3.05, 3.63) is 12.2 Å². The molecule has 0 saturated carbocycles. The first-order chi connectivity index (χ1) is 6.33. The van der Waals surface area contributed by atoms with Crippen molar-refractivity contribution in [3.63, 3.8) is 0 Å². The normalized spacial score (nSPS) is 23.7. The summed E-state index contributed by atoms with van der Waals surface area (Å²) in [5.41, 5.74) is 0. The van der Waals surface area contributed by atoms with Crippen molar-refractivity contribution in [1.82, 2.24) is 0 Å². The predicted molar refractivity (Wildman–Crippen MR) is 56.6 cm³/mol. The Hall–Kier alpha value is -0.300. The number of hydrogen-bond acceptors (Lipinski definition) is 1. The molecule has 0 spiro atoms. The quantitative estimate of drug-likeness (QED) is 0.493. The molecule has 76 valence electrons. The van der Waals surface area contributed by atoms with Gasteiger partial charge in [0.2, 0.25) is 0 Å². The Kier molecular flexibility index (Phi) is 5.14. The lowest BCUT2D eigenvalue weighted by Crippen LogP contribution is -2.03. The van der Waals surface area contributed by atoms with Gasteiger partial charge >= 0.3 is 0 Å². The summed E-state index contributed by atoms with van der Waals surface area (Å²) in [7, 11) is 0. The molecule has 1 nitrogen and oxygen atoms in total. The predicted octanol–water partition coefficient (Wildman–Crippen LogP) is 3.28. The maximum Gasteiger partial charge on any atom is 0.0537 e. The zero-order valence-corrected chi connectivity index (χ0v) is 8.71. The summed E-state index contributed by atoms with van der Waals surface area (Å²) in [5.74, 6) is 0.846. The third kappa shape index (κ3) is 4.47. The summed E-state index contributed by atoms with van der Waals surface area (Å²) in [5, 5.41) is 9.34. The van der Waals surface area contributed by atoms with Crippen molar-refractivity contribution in [3.8, 4) is 0 Å². The van der Waals surface area contributed by atoms with E-state index < -0.39 is 0 Å². The lowest BCUT2D eigenvalue weighted by atomic mass is 9.99. The maximum absolute atomic E-state index is 9.34. The molecule has 0 fully saturated rings. The van der Waals surface area contributed by atoms with E-state index in [0.29, 0.717) is 0 Å². The summed E-state index contributed by atoms with van der Waals surface area (Å²) in [6, 6.07) is 0. The summed E-state index contributed by atoms with van der Waals surface area (Å²) >= 11 is 0. The zero-order valence-electron chi connectivity index (χ0n) is 8.71. The minimum Gasteiger partial charge on any atom is -0.393 e. The fourth-order valence-electron chi connectivity index (χ4n) is 1.93. The molecule has 0 aromatic heterocycles. The zero-order chi connectivity index (χ0) is 9.52. The molecule has 0 aromatic rings. The van der Waals surface area contributed by atoms with Crippen LogP contribution in [0.15, 0.2) is 12.2 Å². The van der Waals surface area contributed by atoms with Crippen molar-refractivity contribution < 1.29 is 5.11 Å². The number of aliphatic hydroxyl groups excluding tert-OH is 1. The molecule has 2 atom stereocenters. The molecule has 13 heavy (non-hydrogen) atoms. The maximum atomic E-state index is 9.34. The second-order valence-corrected chi connectivity index (χ2v) is 4.11. The topological polar surface area (TPSA) is 20.2 Å². The first-order valence-corrected chi connectivity index (χ1v) is 5.67. The van der Waals surface area contributed by atoms with Crippen molar-refractivity contribution in [1.29, 1.82) is 0 Å². The van der Waals surface area contributed by atoms with Gasteiger partial charge in [-0.15, -0.1) is 0 Å². The van der Waals surface area contributed by atoms with Crippen LogP contribution in [0, 0.1) is 5.92 Å². The summed E-state index contributed by atoms with van der Waals surface area (Å²) in [4.78, 5) is 0. The van der Waals surface area contributed by atoms with Gasteiger partial charge in [0.1, 0.15) is 0 Å². The standard InChI is InChI=1S/C12H22O/c1-2-12(13)10-6-5-9-11-7-3-4-8-11/h3,7,11-13H,2,4-6,8-10H2,1H3. The number of hydrogen-bond donors (Lipinski definition) is 1. The van der Waals surface area contributed by atoms with Gasteiger partial charge < -0.3 is 5.11 Å². The third-order valence-electron chi connectivity index (χ3n) is 2.95. The smallest absolute Gasteiger partial charge is 0.0537 e. The van der Waals surface area contributed by atoms with Crippen LogP contribution in [0.25, 0.3) is 0 Å². The Bertz CT molecular complexity index is 151. The molecule has 1 aliphatic carbocycles. The average molecular weight is 182 g/mol. The highest BCUT2D eigenvalue weighted by molar-refractivity contribution is 4.95. The van der Waals surface area contributed by atoms with Crippen LogP contribution in [-0.2, 0) is 0 Å². The highest BCUT2D eigenvalue weighted by Crippen LogP contribution is 2.23. The second-order valence-electron chi connectivity index (χ2n) is 4.11. The van der Waals surface area contributed by atoms with Crippen molar-refractivity contribution >= 4 is 0 Å². The van der Waals surface area contributed by atoms with Gasteiger partial charge in [0, 0.05) is 0 Å². The summed E-state index contributed by atoms with van der Waals surface area (Å²) in [6.07, 6.45) is 12.9. The molecule has 0 bridgehead atoms. The summed E-state index contributed by atoms with van der Waals surface area (Å²) in [6.45, 7) is 2.05. The fraction of sp³-hybridized carbons (Fsp3) is 0.833. The third-order valence-corrected chi connectivity index (χ3v) is 2.95. The van der Waals surface area contributed by atoms with Crippen molar-refractivity contribution in [2.24, 2.45) is 5.92 Å². The van der Waals surface area contributed by atoms with E-state index >= 15 is 0 Å². The summed E-state index contributed by atoms with van der Waals surface area (Å²) < 4.78 is 0. The van der Waals surface area contributed by atoms with Crippen LogP contribution in [0.3, 0.4) is 0 Å². The van der Waals surface area contributed by atoms with Gasteiger partial charge in [-0.1, -0.05) is 31.9 Å². The molecule has 1 heteroatoms. The van der Waals surface area contributed by atoms with Gasteiger partial charge in [-0.3, -0.25) is 0 Å². The highest BCUT2D eigenvalue weighted by atomic mass is 16.3. The van der Waals surface area contributed by atoms with E-state index in [2.05, 4.69) is 12.2 Å². The number of rotatable bonds is 6. The Balaban J connectivity index is 1.91. The fourth-order valence-corrected chi connectivity index (χ4v) is 1.93. The van der Waals surface area contributed by atoms with Crippen LogP contribution in [0.4, 0.5) is 0 Å². The molecule has 1 aliphatic rings. The Morgan fingerprint density at radius 3 is 2.92 bits per heavy atom. The first-order valence-electron chi connectivity index (χ1n) is 5.67. The lowest BCUT2D eigenvalue weighted by Gasteiger charge is -2.09. The molecule has 0 aliphatic heterocycles. The van der Waals surface area contributed by atoms with Gasteiger partial charge in [0.15, 0.2) is 0 Å². The molecular formula is C12H22O. The molecule has 0 saturated heterocycles. The molecule has 1 N–H and O–H groups in total. The van der Waals surface area contributed by atoms with Crippen LogP contribution in [0.2, 0.25) is 0 Å². The Labute approximate surface area is 81.9 Å². The minimum absolute atomic E-state index is 0.0564. The molecule has 2 unspecified atom stereocenters. The van der Waals surface area contributed by atoms with Crippen LogP contribution in [0.5, 0.6) is 0 Å². The van der Waals surface area contributed by atoms with Crippen LogP contribution in [-0.4, -0.2) is 11.2 Å². The number of allylic oxidation sites excluding steroid dienone is 2. The molecule has 1 rings (SSSR count). The van der Waals surface area contributed by atoms with Gasteiger partial charge in [-0.05, 0) is 38.0 Å². The van der Waals surface area contributed by atoms with E-state index in [1.54, 1.807) is 0 Å². The van der Waals surface area contributed by atoms with Gasteiger partial charge in [-0.25, -0.2) is 0 Å². The SMILES string of the molecule is CCC(O)CCCCC1C=CCC1. The monoisotopic (exact) mass is 182 g/mol. The second kappa shape index (κ2) is 6.20. The van der Waals surface area contributed by atoms with Crippen LogP contribution < -0.4 is 0 Å². The Morgan fingerprint density at radius 1 is 1.46 bits per heavy atom. The first kappa shape index (κ1) is 10.8. The van der Waals surface area contributed by atoms with E-state index in [-0.39, 0.29) is 6.10 Å². The number of unbranched alkanes of at least 4 members (excludes halogenated alkanes) is 1. The van der Waals surface area contributed by atoms with E-state index in [1.807, 2.05) is 6.92 Å². The minimum atomic E-state index is -0.0564. The average Bonchev–Trinajstić information content (AvgIpc) is 2.64. The van der Waals surface area contributed by atoms with Crippen LogP contribution in [0.1, 0.15) is 51.9 Å². The van der Waals surface area contributed by atoms with E-state index in [9.17, 15) is 5.11 Å². The molecule has 0 amide bonds.